The van der Waals surface area contributed by atoms with Gasteiger partial charge < -0.3 is 4.74 Å². The minimum atomic E-state index is -0.318. The topological polar surface area (TPSA) is 56.1 Å². The number of nitrogens with zero attached hydrogens (tertiary/aromatic N) is 2. The van der Waals surface area contributed by atoms with E-state index in [4.69, 9.17) is 16.3 Å². The maximum atomic E-state index is 12.6. The van der Waals surface area contributed by atoms with Gasteiger partial charge in [0, 0.05) is 11.1 Å². The number of carbonyl (C=O) groups excluding carboxylic acids is 1. The van der Waals surface area contributed by atoms with Crippen molar-refractivity contribution in [2.24, 2.45) is 0 Å². The van der Waals surface area contributed by atoms with Crippen LogP contribution in [-0.2, 0) is 12.8 Å². The Hall–Kier alpha value is -2.79. The molecule has 0 unspecified atom stereocenters. The average Bonchev–Trinajstić information content (AvgIpc) is 3.04. The molecule has 0 saturated carbocycles. The second kappa shape index (κ2) is 6.26. The number of aromatic nitrogens is 2. The molecule has 0 spiro atoms. The normalized spacial score (nSPS) is 12.2. The summed E-state index contributed by atoms with van der Waals surface area (Å²) in [7, 11) is 1.55. The Morgan fingerprint density at radius 2 is 2.00 bits per heavy atom. The van der Waals surface area contributed by atoms with Crippen LogP contribution >= 0.6 is 11.6 Å². The fourth-order valence-corrected chi connectivity index (χ4v) is 3.40. The number of carbonyl (C=O) groups is 1. The first-order chi connectivity index (χ1) is 12.2. The highest BCUT2D eigenvalue weighted by atomic mass is 35.5. The zero-order chi connectivity index (χ0) is 17.4. The molecule has 0 radical (unpaired) electrons. The first kappa shape index (κ1) is 15.7. The third kappa shape index (κ3) is 2.76. The van der Waals surface area contributed by atoms with E-state index in [1.165, 1.54) is 10.4 Å². The van der Waals surface area contributed by atoms with E-state index in [0.29, 0.717) is 16.3 Å². The van der Waals surface area contributed by atoms with Gasteiger partial charge in [0.1, 0.15) is 5.75 Å². The van der Waals surface area contributed by atoms with Gasteiger partial charge in [-0.25, -0.2) is 5.43 Å². The summed E-state index contributed by atoms with van der Waals surface area (Å²) >= 11 is 6.20. The Morgan fingerprint density at radius 1 is 1.20 bits per heavy atom. The van der Waals surface area contributed by atoms with Crippen LogP contribution < -0.4 is 10.2 Å². The van der Waals surface area contributed by atoms with Crippen LogP contribution in [0.15, 0.2) is 48.7 Å². The summed E-state index contributed by atoms with van der Waals surface area (Å²) in [6.07, 6.45) is 3.69. The van der Waals surface area contributed by atoms with Gasteiger partial charge in [0.15, 0.2) is 0 Å². The van der Waals surface area contributed by atoms with Crippen molar-refractivity contribution in [1.29, 1.82) is 0 Å². The number of halogens is 1. The van der Waals surface area contributed by atoms with Crippen LogP contribution in [0.5, 0.6) is 5.75 Å². The van der Waals surface area contributed by atoms with Gasteiger partial charge in [0.05, 0.1) is 29.6 Å². The predicted octanol–water partition coefficient (Wildman–Crippen LogP) is 3.69. The van der Waals surface area contributed by atoms with E-state index >= 15 is 0 Å². The summed E-state index contributed by atoms with van der Waals surface area (Å²) in [4.78, 5) is 14.2. The highest BCUT2D eigenvalue weighted by Crippen LogP contribution is 2.32. The number of amides is 1. The van der Waals surface area contributed by atoms with E-state index in [1.54, 1.807) is 31.5 Å². The first-order valence-corrected chi connectivity index (χ1v) is 8.35. The summed E-state index contributed by atoms with van der Waals surface area (Å²) in [6.45, 7) is 0. The summed E-state index contributed by atoms with van der Waals surface area (Å²) in [5.74, 6) is 0.286. The van der Waals surface area contributed by atoms with Gasteiger partial charge in [0.25, 0.3) is 5.91 Å². The van der Waals surface area contributed by atoms with Gasteiger partial charge in [-0.05, 0) is 36.6 Å². The molecule has 0 atom stereocenters. The number of benzene rings is 2. The predicted molar refractivity (Wildman–Crippen MR) is 96.8 cm³/mol. The lowest BCUT2D eigenvalue weighted by molar-refractivity contribution is 0.101. The number of nitrogens with one attached hydrogen (secondary N) is 1. The molecule has 1 aliphatic rings. The molecule has 25 heavy (non-hydrogen) atoms. The summed E-state index contributed by atoms with van der Waals surface area (Å²) in [5, 5.41) is 4.67. The van der Waals surface area contributed by atoms with Crippen LogP contribution in [0.1, 0.15) is 21.5 Å². The van der Waals surface area contributed by atoms with Crippen molar-refractivity contribution in [2.75, 3.05) is 12.5 Å². The van der Waals surface area contributed by atoms with Crippen molar-refractivity contribution in [3.63, 3.8) is 0 Å². The Balaban J connectivity index is 1.67. The SMILES string of the molecule is COc1ccc(C(=O)Nn2ncc3c2-c2ccccc2CC3)c(Cl)c1. The lowest BCUT2D eigenvalue weighted by atomic mass is 9.90. The maximum absolute atomic E-state index is 12.6. The Bertz CT molecular complexity index is 965. The fraction of sp³-hybridized carbons (Fsp3) is 0.158. The van der Waals surface area contributed by atoms with Crippen molar-refractivity contribution in [3.05, 3.63) is 70.4 Å². The Morgan fingerprint density at radius 3 is 2.80 bits per heavy atom. The smallest absolute Gasteiger partial charge is 0.272 e. The standard InChI is InChI=1S/C19H16ClN3O2/c1-25-14-8-9-16(17(20)10-14)19(24)22-23-18-13(11-21-23)7-6-12-4-2-3-5-15(12)18/h2-5,8-11H,6-7H2,1H3,(H,22,24). The number of hydrogen-bond donors (Lipinski definition) is 1. The monoisotopic (exact) mass is 353 g/mol. The lowest BCUT2D eigenvalue weighted by Crippen LogP contribution is -2.25. The molecular weight excluding hydrogens is 338 g/mol. The minimum absolute atomic E-state index is 0.318. The van der Waals surface area contributed by atoms with Crippen LogP contribution in [0.4, 0.5) is 0 Å². The van der Waals surface area contributed by atoms with Crippen molar-refractivity contribution < 1.29 is 9.53 Å². The molecule has 1 aromatic heterocycles. The molecule has 1 aliphatic carbocycles. The maximum Gasteiger partial charge on any atom is 0.272 e. The summed E-state index contributed by atoms with van der Waals surface area (Å²) < 4.78 is 5.12. The highest BCUT2D eigenvalue weighted by molar-refractivity contribution is 6.34. The van der Waals surface area contributed by atoms with Gasteiger partial charge >= 0.3 is 0 Å². The Labute approximate surface area is 150 Å². The molecule has 1 N–H and O–H groups in total. The van der Waals surface area contributed by atoms with Crippen molar-refractivity contribution in [3.8, 4) is 17.0 Å². The second-order valence-corrected chi connectivity index (χ2v) is 6.28. The van der Waals surface area contributed by atoms with Crippen LogP contribution in [0.3, 0.4) is 0 Å². The van der Waals surface area contributed by atoms with Gasteiger partial charge in [0.2, 0.25) is 0 Å². The molecule has 1 amide bonds. The summed E-state index contributed by atoms with van der Waals surface area (Å²) in [5.41, 5.74) is 7.61. The van der Waals surface area contributed by atoms with E-state index in [9.17, 15) is 4.79 Å². The van der Waals surface area contributed by atoms with Gasteiger partial charge in [-0.1, -0.05) is 35.9 Å². The molecule has 3 aromatic rings. The number of rotatable bonds is 3. The van der Waals surface area contributed by atoms with Gasteiger partial charge in [-0.3, -0.25) is 4.79 Å². The molecular formula is C19H16ClN3O2. The molecule has 0 aliphatic heterocycles. The largest absolute Gasteiger partial charge is 0.497 e. The molecule has 4 rings (SSSR count). The number of methoxy groups -OCH3 is 1. The molecule has 0 saturated heterocycles. The molecule has 1 heterocycles. The number of ether oxygens (including phenoxy) is 1. The first-order valence-electron chi connectivity index (χ1n) is 7.97. The van der Waals surface area contributed by atoms with E-state index < -0.39 is 0 Å². The number of aryl methyl sites for hydroxylation is 2. The molecule has 6 heteroatoms. The average molecular weight is 354 g/mol. The number of fused-ring (bicyclic) bond motifs is 3. The van der Waals surface area contributed by atoms with E-state index in [2.05, 4.69) is 22.7 Å². The zero-order valence-electron chi connectivity index (χ0n) is 13.6. The van der Waals surface area contributed by atoms with Crippen LogP contribution in [0.25, 0.3) is 11.3 Å². The molecule has 2 aromatic carbocycles. The van der Waals surface area contributed by atoms with Crippen LogP contribution in [0, 0.1) is 0 Å². The highest BCUT2D eigenvalue weighted by Gasteiger charge is 2.22. The second-order valence-electron chi connectivity index (χ2n) is 5.87. The van der Waals surface area contributed by atoms with E-state index in [-0.39, 0.29) is 5.91 Å². The molecule has 126 valence electrons. The lowest BCUT2D eigenvalue weighted by Gasteiger charge is -2.18. The van der Waals surface area contributed by atoms with Crippen LogP contribution in [0.2, 0.25) is 5.02 Å². The van der Waals surface area contributed by atoms with Gasteiger partial charge in [-0.15, -0.1) is 0 Å². The van der Waals surface area contributed by atoms with Gasteiger partial charge in [-0.2, -0.15) is 9.89 Å². The number of hydrogen-bond acceptors (Lipinski definition) is 3. The molecule has 0 fully saturated rings. The fourth-order valence-electron chi connectivity index (χ4n) is 3.14. The van der Waals surface area contributed by atoms with Crippen molar-refractivity contribution >= 4 is 17.5 Å². The van der Waals surface area contributed by atoms with E-state index in [1.807, 2.05) is 12.1 Å². The minimum Gasteiger partial charge on any atom is -0.497 e. The quantitative estimate of drug-likeness (QED) is 0.781. The van der Waals surface area contributed by atoms with E-state index in [0.717, 1.165) is 29.7 Å². The summed E-state index contributed by atoms with van der Waals surface area (Å²) in [6, 6.07) is 13.1. The zero-order valence-corrected chi connectivity index (χ0v) is 14.4. The van der Waals surface area contributed by atoms with Crippen molar-refractivity contribution in [2.45, 2.75) is 12.8 Å². The molecule has 0 bridgehead atoms. The third-order valence-corrected chi connectivity index (χ3v) is 4.72. The molecule has 5 nitrogen and oxygen atoms in total. The third-order valence-electron chi connectivity index (χ3n) is 4.41. The van der Waals surface area contributed by atoms with Crippen molar-refractivity contribution in [1.82, 2.24) is 9.89 Å². The van der Waals surface area contributed by atoms with Crippen LogP contribution in [-0.4, -0.2) is 22.9 Å². The Kier molecular flexibility index (Phi) is 3.93.